The van der Waals surface area contributed by atoms with Gasteiger partial charge in [-0.15, -0.1) is 0 Å². The molecule has 3 aromatic rings. The van der Waals surface area contributed by atoms with E-state index in [2.05, 4.69) is 9.72 Å². The van der Waals surface area contributed by atoms with Crippen molar-refractivity contribution in [2.75, 3.05) is 11.4 Å². The molecule has 0 aliphatic carbocycles. The number of hydrogen-bond donors (Lipinski definition) is 0. The quantitative estimate of drug-likeness (QED) is 0.397. The molecule has 0 atom stereocenters. The van der Waals surface area contributed by atoms with Crippen LogP contribution in [0, 0.1) is 0 Å². The van der Waals surface area contributed by atoms with Crippen LogP contribution < -0.4 is 4.31 Å². The molecule has 0 unspecified atom stereocenters. The van der Waals surface area contributed by atoms with E-state index < -0.39 is 38.6 Å². The molecule has 174 valence electrons. The molecule has 0 radical (unpaired) electrons. The fourth-order valence-corrected chi connectivity index (χ4v) is 4.95. The third-order valence-electron chi connectivity index (χ3n) is 4.49. The number of hydrogen-bond acceptors (Lipinski definition) is 5. The molecule has 0 fully saturated rings. The van der Waals surface area contributed by atoms with Gasteiger partial charge in [-0.05, 0) is 29.8 Å². The molecule has 0 bridgehead atoms. The number of pyridine rings is 1. The first-order valence-corrected chi connectivity index (χ1v) is 11.3. The second-order valence-corrected chi connectivity index (χ2v) is 9.33. The summed E-state index contributed by atoms with van der Waals surface area (Å²) in [5.41, 5.74) is -0.659. The predicted molar refractivity (Wildman–Crippen MR) is 117 cm³/mol. The lowest BCUT2D eigenvalue weighted by Crippen LogP contribution is -2.32. The van der Waals surface area contributed by atoms with Crippen LogP contribution in [0.3, 0.4) is 0 Å². The van der Waals surface area contributed by atoms with Crippen LogP contribution in [0.4, 0.5) is 19.0 Å². The molecular formula is C21H15Cl2F3N2O4S. The van der Waals surface area contributed by atoms with Gasteiger partial charge >= 0.3 is 12.1 Å². The van der Waals surface area contributed by atoms with Crippen LogP contribution in [0.1, 0.15) is 21.5 Å². The zero-order chi connectivity index (χ0) is 24.4. The molecule has 0 amide bonds. The lowest BCUT2D eigenvalue weighted by molar-refractivity contribution is -0.137. The number of halogens is 5. The van der Waals surface area contributed by atoms with Gasteiger partial charge in [0, 0.05) is 6.20 Å². The Morgan fingerprint density at radius 2 is 1.73 bits per heavy atom. The number of sulfonamides is 1. The number of nitrogens with zero attached hydrogens (tertiary/aromatic N) is 2. The largest absolute Gasteiger partial charge is 0.465 e. The smallest absolute Gasteiger partial charge is 0.417 e. The van der Waals surface area contributed by atoms with Crippen molar-refractivity contribution >= 4 is 45.0 Å². The van der Waals surface area contributed by atoms with Crippen LogP contribution in [0.5, 0.6) is 0 Å². The van der Waals surface area contributed by atoms with Crippen molar-refractivity contribution in [2.45, 2.75) is 17.6 Å². The first-order valence-electron chi connectivity index (χ1n) is 9.12. The maximum atomic E-state index is 13.5. The highest BCUT2D eigenvalue weighted by atomic mass is 35.5. The predicted octanol–water partition coefficient (Wildman–Crippen LogP) is 5.59. The molecule has 0 N–H and O–H groups in total. The van der Waals surface area contributed by atoms with E-state index in [1.807, 2.05) is 0 Å². The van der Waals surface area contributed by atoms with Crippen molar-refractivity contribution in [1.82, 2.24) is 4.98 Å². The highest BCUT2D eigenvalue weighted by Gasteiger charge is 2.34. The van der Waals surface area contributed by atoms with Gasteiger partial charge in [-0.1, -0.05) is 53.5 Å². The number of methoxy groups -OCH3 is 1. The summed E-state index contributed by atoms with van der Waals surface area (Å²) in [6, 6.07) is 12.3. The van der Waals surface area contributed by atoms with Gasteiger partial charge in [0.1, 0.15) is 0 Å². The van der Waals surface area contributed by atoms with E-state index in [0.717, 1.165) is 23.5 Å². The summed E-state index contributed by atoms with van der Waals surface area (Å²) < 4.78 is 71.5. The second-order valence-electron chi connectivity index (χ2n) is 6.66. The van der Waals surface area contributed by atoms with Crippen LogP contribution in [0.15, 0.2) is 65.7 Å². The summed E-state index contributed by atoms with van der Waals surface area (Å²) in [6.07, 6.45) is -4.21. The number of esters is 1. The molecule has 6 nitrogen and oxygen atoms in total. The van der Waals surface area contributed by atoms with Gasteiger partial charge in [-0.2, -0.15) is 13.2 Å². The van der Waals surface area contributed by atoms with Gasteiger partial charge < -0.3 is 4.74 Å². The van der Waals surface area contributed by atoms with Gasteiger partial charge in [0.2, 0.25) is 0 Å². The van der Waals surface area contributed by atoms with E-state index in [1.165, 1.54) is 6.07 Å². The zero-order valence-corrected chi connectivity index (χ0v) is 19.1. The molecule has 0 saturated heterocycles. The summed E-state index contributed by atoms with van der Waals surface area (Å²) in [7, 11) is -3.28. The number of alkyl halides is 3. The number of ether oxygens (including phenoxy) is 1. The van der Waals surface area contributed by atoms with Gasteiger partial charge in [-0.3, -0.25) is 0 Å². The van der Waals surface area contributed by atoms with Crippen molar-refractivity contribution < 1.29 is 31.1 Å². The van der Waals surface area contributed by atoms with Gasteiger partial charge in [0.05, 0.1) is 39.7 Å². The summed E-state index contributed by atoms with van der Waals surface area (Å²) in [4.78, 5) is 15.1. The molecular weight excluding hydrogens is 504 g/mol. The molecule has 12 heteroatoms. The second kappa shape index (κ2) is 9.58. The summed E-state index contributed by atoms with van der Waals surface area (Å²) in [5, 5.41) is -0.698. The molecule has 3 rings (SSSR count). The Labute approximate surface area is 197 Å². The third-order valence-corrected chi connectivity index (χ3v) is 6.81. The number of aromatic nitrogens is 1. The Morgan fingerprint density at radius 1 is 1.06 bits per heavy atom. The molecule has 1 aromatic heterocycles. The van der Waals surface area contributed by atoms with Crippen LogP contribution in [-0.4, -0.2) is 26.5 Å². The van der Waals surface area contributed by atoms with E-state index in [-0.39, 0.29) is 22.0 Å². The Balaban J connectivity index is 2.14. The first-order chi connectivity index (χ1) is 15.4. The molecule has 0 spiro atoms. The Morgan fingerprint density at radius 3 is 2.27 bits per heavy atom. The minimum Gasteiger partial charge on any atom is -0.465 e. The van der Waals surface area contributed by atoms with Gasteiger partial charge in [-0.25, -0.2) is 22.5 Å². The standard InChI is InChI=1S/C21H15Cl2F3N2O4S/c1-32-20(29)16-8-7-15(10-17(16)22)33(30,31)28(12-13-5-3-2-4-6-13)19-18(23)9-14(11-27-19)21(24,25)26/h2-11H,12H2,1H3. The number of anilines is 1. The molecule has 0 aliphatic heterocycles. The van der Waals surface area contributed by atoms with Gasteiger partial charge in [0.25, 0.3) is 10.0 Å². The first kappa shape index (κ1) is 24.8. The maximum absolute atomic E-state index is 13.5. The third kappa shape index (κ3) is 5.40. The van der Waals surface area contributed by atoms with Crippen molar-refractivity contribution in [3.8, 4) is 0 Å². The minimum atomic E-state index is -4.71. The average Bonchev–Trinajstić information content (AvgIpc) is 2.77. The van der Waals surface area contributed by atoms with E-state index in [0.29, 0.717) is 17.8 Å². The van der Waals surface area contributed by atoms with E-state index in [4.69, 9.17) is 23.2 Å². The van der Waals surface area contributed by atoms with Crippen molar-refractivity contribution in [3.05, 3.63) is 87.5 Å². The molecule has 1 heterocycles. The van der Waals surface area contributed by atoms with E-state index in [1.54, 1.807) is 30.3 Å². The van der Waals surface area contributed by atoms with Crippen molar-refractivity contribution in [3.63, 3.8) is 0 Å². The van der Waals surface area contributed by atoms with Crippen molar-refractivity contribution in [2.24, 2.45) is 0 Å². The minimum absolute atomic E-state index is 0.0570. The van der Waals surface area contributed by atoms with Crippen LogP contribution in [0.25, 0.3) is 0 Å². The number of benzene rings is 2. The maximum Gasteiger partial charge on any atom is 0.417 e. The van der Waals surface area contributed by atoms with E-state index in [9.17, 15) is 26.4 Å². The molecule has 0 aliphatic rings. The summed E-state index contributed by atoms with van der Waals surface area (Å²) in [5.74, 6) is -1.17. The highest BCUT2D eigenvalue weighted by molar-refractivity contribution is 7.92. The zero-order valence-electron chi connectivity index (χ0n) is 16.8. The fraction of sp³-hybridized carbons (Fsp3) is 0.143. The number of carbonyl (C=O) groups is 1. The normalized spacial score (nSPS) is 11.8. The average molecular weight is 519 g/mol. The topological polar surface area (TPSA) is 76.6 Å². The Kier molecular flexibility index (Phi) is 7.20. The van der Waals surface area contributed by atoms with Crippen LogP contribution in [-0.2, 0) is 27.5 Å². The SMILES string of the molecule is COC(=O)c1ccc(S(=O)(=O)N(Cc2ccccc2)c2ncc(C(F)(F)F)cc2Cl)cc1Cl. The number of rotatable bonds is 6. The van der Waals surface area contributed by atoms with Crippen molar-refractivity contribution in [1.29, 1.82) is 0 Å². The highest BCUT2D eigenvalue weighted by Crippen LogP contribution is 2.36. The molecule has 2 aromatic carbocycles. The Bertz CT molecular complexity index is 1290. The lowest BCUT2D eigenvalue weighted by atomic mass is 10.2. The summed E-state index contributed by atoms with van der Waals surface area (Å²) in [6.45, 7) is -0.280. The summed E-state index contributed by atoms with van der Waals surface area (Å²) >= 11 is 12.1. The molecule has 33 heavy (non-hydrogen) atoms. The van der Waals surface area contributed by atoms with Gasteiger partial charge in [0.15, 0.2) is 5.82 Å². The number of carbonyl (C=O) groups excluding carboxylic acids is 1. The van der Waals surface area contributed by atoms with Crippen LogP contribution in [0.2, 0.25) is 10.0 Å². The lowest BCUT2D eigenvalue weighted by Gasteiger charge is -2.25. The molecule has 0 saturated carbocycles. The van der Waals surface area contributed by atoms with Crippen LogP contribution >= 0.6 is 23.2 Å². The van der Waals surface area contributed by atoms with E-state index >= 15 is 0 Å². The monoisotopic (exact) mass is 518 g/mol. The Hall–Kier alpha value is -2.82. The fourth-order valence-electron chi connectivity index (χ4n) is 2.85.